The van der Waals surface area contributed by atoms with Gasteiger partial charge < -0.3 is 5.32 Å². The normalized spacial score (nSPS) is 10.6. The van der Waals surface area contributed by atoms with E-state index < -0.39 is 4.92 Å². The fourth-order valence-corrected chi connectivity index (χ4v) is 2.95. The number of nitrogens with zero attached hydrogens (tertiary/aromatic N) is 2. The Morgan fingerprint density at radius 1 is 1.27 bits per heavy atom. The molecule has 2 aromatic carbocycles. The van der Waals surface area contributed by atoms with Crippen molar-refractivity contribution in [1.29, 1.82) is 0 Å². The first-order valence-electron chi connectivity index (χ1n) is 6.46. The number of hydrogen-bond acceptors (Lipinski definition) is 5. The van der Waals surface area contributed by atoms with Gasteiger partial charge in [-0.25, -0.2) is 4.98 Å². The molecule has 0 radical (unpaired) electrons. The Hall–Kier alpha value is -2.80. The van der Waals surface area contributed by atoms with E-state index in [1.165, 1.54) is 29.5 Å². The number of nitrogens with one attached hydrogen (secondary N) is 1. The smallest absolute Gasteiger partial charge is 0.271 e. The molecule has 22 heavy (non-hydrogen) atoms. The van der Waals surface area contributed by atoms with Crippen LogP contribution in [0.1, 0.15) is 15.4 Å². The highest BCUT2D eigenvalue weighted by Gasteiger charge is 2.11. The van der Waals surface area contributed by atoms with E-state index in [-0.39, 0.29) is 11.6 Å². The Bertz CT molecular complexity index is 889. The van der Waals surface area contributed by atoms with Crippen LogP contribution in [-0.4, -0.2) is 15.8 Å². The van der Waals surface area contributed by atoms with E-state index in [9.17, 15) is 14.9 Å². The maximum absolute atomic E-state index is 12.2. The van der Waals surface area contributed by atoms with Crippen molar-refractivity contribution in [1.82, 2.24) is 4.98 Å². The van der Waals surface area contributed by atoms with Gasteiger partial charge >= 0.3 is 0 Å². The molecule has 1 aromatic heterocycles. The van der Waals surface area contributed by atoms with Crippen LogP contribution in [0.4, 0.5) is 11.4 Å². The fraction of sp³-hybridized carbons (Fsp3) is 0.0667. The Balaban J connectivity index is 1.86. The van der Waals surface area contributed by atoms with E-state index in [0.717, 1.165) is 15.2 Å². The number of aromatic nitrogens is 1. The van der Waals surface area contributed by atoms with Crippen LogP contribution in [0.2, 0.25) is 0 Å². The number of hydrogen-bond donors (Lipinski definition) is 1. The summed E-state index contributed by atoms with van der Waals surface area (Å²) in [6, 6.07) is 11.1. The van der Waals surface area contributed by atoms with Crippen molar-refractivity contribution in [2.45, 2.75) is 6.92 Å². The lowest BCUT2D eigenvalue weighted by molar-refractivity contribution is -0.384. The van der Waals surface area contributed by atoms with Crippen molar-refractivity contribution in [3.63, 3.8) is 0 Å². The third kappa shape index (κ3) is 2.79. The zero-order valence-electron chi connectivity index (χ0n) is 11.6. The monoisotopic (exact) mass is 313 g/mol. The number of non-ortho nitro benzene ring substituents is 1. The summed E-state index contributed by atoms with van der Waals surface area (Å²) in [6.07, 6.45) is 0. The summed E-state index contributed by atoms with van der Waals surface area (Å²) in [5, 5.41) is 14.3. The summed E-state index contributed by atoms with van der Waals surface area (Å²) in [5.41, 5.74) is 1.67. The number of fused-ring (bicyclic) bond motifs is 1. The molecule has 1 heterocycles. The lowest BCUT2D eigenvalue weighted by Crippen LogP contribution is -2.11. The molecule has 0 spiro atoms. The topological polar surface area (TPSA) is 85.1 Å². The molecule has 0 bridgehead atoms. The number of rotatable bonds is 3. The van der Waals surface area contributed by atoms with Gasteiger partial charge in [0.05, 0.1) is 20.1 Å². The molecular formula is C15H11N3O3S. The first-order chi connectivity index (χ1) is 10.5. The number of carbonyl (C=O) groups is 1. The van der Waals surface area contributed by atoms with Gasteiger partial charge in [0.2, 0.25) is 0 Å². The number of amides is 1. The Morgan fingerprint density at radius 3 is 2.86 bits per heavy atom. The highest BCUT2D eigenvalue weighted by molar-refractivity contribution is 7.18. The second-order valence-electron chi connectivity index (χ2n) is 4.68. The van der Waals surface area contributed by atoms with Crippen LogP contribution in [0.15, 0.2) is 42.5 Å². The van der Waals surface area contributed by atoms with E-state index in [1.54, 1.807) is 24.3 Å². The molecule has 3 rings (SSSR count). The molecule has 0 atom stereocenters. The maximum Gasteiger partial charge on any atom is 0.271 e. The molecule has 0 aliphatic carbocycles. The second kappa shape index (κ2) is 5.53. The molecule has 3 aromatic rings. The lowest BCUT2D eigenvalue weighted by atomic mass is 10.2. The predicted molar refractivity (Wildman–Crippen MR) is 85.4 cm³/mol. The van der Waals surface area contributed by atoms with Gasteiger partial charge in [-0.1, -0.05) is 6.07 Å². The van der Waals surface area contributed by atoms with Gasteiger partial charge in [0.15, 0.2) is 0 Å². The van der Waals surface area contributed by atoms with Crippen molar-refractivity contribution >= 4 is 38.8 Å². The van der Waals surface area contributed by atoms with Crippen LogP contribution < -0.4 is 5.32 Å². The molecular weight excluding hydrogens is 302 g/mol. The number of nitro benzene ring substituents is 1. The summed E-state index contributed by atoms with van der Waals surface area (Å²) in [4.78, 5) is 26.8. The van der Waals surface area contributed by atoms with Crippen molar-refractivity contribution in [3.8, 4) is 0 Å². The predicted octanol–water partition coefficient (Wildman–Crippen LogP) is 3.77. The van der Waals surface area contributed by atoms with Gasteiger partial charge in [-0.2, -0.15) is 0 Å². The lowest BCUT2D eigenvalue weighted by Gasteiger charge is -2.05. The Labute approximate surface area is 129 Å². The van der Waals surface area contributed by atoms with Gasteiger partial charge in [0.25, 0.3) is 11.6 Å². The molecule has 0 aliphatic heterocycles. The van der Waals surface area contributed by atoms with E-state index in [4.69, 9.17) is 0 Å². The van der Waals surface area contributed by atoms with E-state index in [2.05, 4.69) is 10.3 Å². The SMILES string of the molecule is Cc1nc2ccc(C(=O)Nc3cccc([N+](=O)[O-])c3)cc2s1. The summed E-state index contributed by atoms with van der Waals surface area (Å²) in [6.45, 7) is 1.91. The van der Waals surface area contributed by atoms with Gasteiger partial charge in [0.1, 0.15) is 0 Å². The first-order valence-corrected chi connectivity index (χ1v) is 7.27. The zero-order valence-corrected chi connectivity index (χ0v) is 12.4. The minimum Gasteiger partial charge on any atom is -0.322 e. The largest absolute Gasteiger partial charge is 0.322 e. The molecule has 0 saturated heterocycles. The Kier molecular flexibility index (Phi) is 3.56. The Morgan fingerprint density at radius 2 is 2.09 bits per heavy atom. The maximum atomic E-state index is 12.2. The summed E-state index contributed by atoms with van der Waals surface area (Å²) in [5.74, 6) is -0.312. The van der Waals surface area contributed by atoms with E-state index in [1.807, 2.05) is 6.92 Å². The highest BCUT2D eigenvalue weighted by atomic mass is 32.1. The number of nitro groups is 1. The molecule has 0 unspecified atom stereocenters. The molecule has 0 fully saturated rings. The van der Waals surface area contributed by atoms with E-state index in [0.29, 0.717) is 11.3 Å². The third-order valence-corrected chi connectivity index (χ3v) is 4.01. The van der Waals surface area contributed by atoms with Crippen molar-refractivity contribution in [2.75, 3.05) is 5.32 Å². The molecule has 6 nitrogen and oxygen atoms in total. The van der Waals surface area contributed by atoms with Crippen LogP contribution in [0.25, 0.3) is 10.2 Å². The highest BCUT2D eigenvalue weighted by Crippen LogP contribution is 2.23. The molecule has 1 amide bonds. The van der Waals surface area contributed by atoms with Crippen LogP contribution in [0.3, 0.4) is 0 Å². The van der Waals surface area contributed by atoms with Crippen molar-refractivity contribution < 1.29 is 9.72 Å². The van der Waals surface area contributed by atoms with Gasteiger partial charge in [-0.3, -0.25) is 14.9 Å². The summed E-state index contributed by atoms with van der Waals surface area (Å²) in [7, 11) is 0. The van der Waals surface area contributed by atoms with Crippen molar-refractivity contribution in [2.24, 2.45) is 0 Å². The average molecular weight is 313 g/mol. The molecule has 7 heteroatoms. The minimum atomic E-state index is -0.498. The van der Waals surface area contributed by atoms with Crippen LogP contribution in [-0.2, 0) is 0 Å². The van der Waals surface area contributed by atoms with Crippen LogP contribution in [0.5, 0.6) is 0 Å². The average Bonchev–Trinajstić information content (AvgIpc) is 2.86. The standard InChI is InChI=1S/C15H11N3O3S/c1-9-16-13-6-5-10(7-14(13)22-9)15(19)17-11-3-2-4-12(8-11)18(20)21/h2-8H,1H3,(H,17,19). The summed E-state index contributed by atoms with van der Waals surface area (Å²) >= 11 is 1.52. The number of thiazole rings is 1. The molecule has 0 saturated carbocycles. The van der Waals surface area contributed by atoms with Gasteiger partial charge in [-0.05, 0) is 31.2 Å². The second-order valence-corrected chi connectivity index (χ2v) is 5.91. The summed E-state index contributed by atoms with van der Waals surface area (Å²) < 4.78 is 0.934. The van der Waals surface area contributed by atoms with Gasteiger partial charge in [0, 0.05) is 23.4 Å². The minimum absolute atomic E-state index is 0.0636. The van der Waals surface area contributed by atoms with Crippen LogP contribution >= 0.6 is 11.3 Å². The quantitative estimate of drug-likeness (QED) is 0.589. The third-order valence-electron chi connectivity index (χ3n) is 3.07. The van der Waals surface area contributed by atoms with Crippen LogP contribution in [0, 0.1) is 17.0 Å². The zero-order chi connectivity index (χ0) is 15.7. The molecule has 0 aliphatic rings. The van der Waals surface area contributed by atoms with Crippen molar-refractivity contribution in [3.05, 3.63) is 63.1 Å². The number of benzene rings is 2. The van der Waals surface area contributed by atoms with E-state index >= 15 is 0 Å². The number of anilines is 1. The number of aryl methyl sites for hydroxylation is 1. The molecule has 1 N–H and O–H groups in total. The molecule has 110 valence electrons. The van der Waals surface area contributed by atoms with Gasteiger partial charge in [-0.15, -0.1) is 11.3 Å². The first kappa shape index (κ1) is 14.2. The fourth-order valence-electron chi connectivity index (χ4n) is 2.08. The number of carbonyl (C=O) groups excluding carboxylic acids is 1.